The summed E-state index contributed by atoms with van der Waals surface area (Å²) < 4.78 is 71.4. The number of amides is 2. The van der Waals surface area contributed by atoms with E-state index in [2.05, 4.69) is 10.0 Å². The fourth-order valence-corrected chi connectivity index (χ4v) is 6.29. The Morgan fingerprint density at radius 2 is 1.46 bits per heavy atom. The van der Waals surface area contributed by atoms with Crippen molar-refractivity contribution in [2.45, 2.75) is 43.3 Å². The number of ether oxygens (including phenoxy) is 1. The molecule has 9 nitrogen and oxygen atoms in total. The number of sulfonamides is 1. The number of nitrogens with zero attached hydrogens (tertiary/aromatic N) is 2. The van der Waals surface area contributed by atoms with Crippen molar-refractivity contribution in [2.75, 3.05) is 30.0 Å². The largest absolute Gasteiger partial charge is 0.448 e. The summed E-state index contributed by atoms with van der Waals surface area (Å²) in [5.74, 6) is -0.382. The Balaban J connectivity index is 1.14. The van der Waals surface area contributed by atoms with Crippen LogP contribution in [0.2, 0.25) is 0 Å². The van der Waals surface area contributed by atoms with Crippen molar-refractivity contribution in [1.29, 1.82) is 0 Å². The van der Waals surface area contributed by atoms with Crippen LogP contribution >= 0.6 is 0 Å². The van der Waals surface area contributed by atoms with Gasteiger partial charge >= 0.3 is 12.3 Å². The summed E-state index contributed by atoms with van der Waals surface area (Å²) in [6.45, 7) is 1.14. The molecule has 0 unspecified atom stereocenters. The lowest BCUT2D eigenvalue weighted by Gasteiger charge is -2.37. The minimum atomic E-state index is -4.57. The van der Waals surface area contributed by atoms with Gasteiger partial charge in [-0.15, -0.1) is 0 Å². The maximum absolute atomic E-state index is 13.5. The molecule has 0 saturated carbocycles. The average Bonchev–Trinajstić information content (AvgIpc) is 3.09. The van der Waals surface area contributed by atoms with Gasteiger partial charge in [-0.25, -0.2) is 28.0 Å². The molecule has 0 bridgehead atoms. The lowest BCUT2D eigenvalue weighted by atomic mass is 10.0. The molecule has 1 aliphatic heterocycles. The highest BCUT2D eigenvalue weighted by atomic mass is 32.2. The van der Waals surface area contributed by atoms with Crippen molar-refractivity contribution >= 4 is 33.4 Å². The number of halogens is 3. The van der Waals surface area contributed by atoms with Gasteiger partial charge < -0.3 is 10.1 Å². The van der Waals surface area contributed by atoms with Crippen molar-refractivity contribution < 1.29 is 35.9 Å². The number of hydrazine groups is 1. The molecule has 0 atom stereocenters. The minimum absolute atomic E-state index is 0.0887. The van der Waals surface area contributed by atoms with Crippen molar-refractivity contribution in [1.82, 2.24) is 9.73 Å². The lowest BCUT2D eigenvalue weighted by molar-refractivity contribution is -0.137. The summed E-state index contributed by atoms with van der Waals surface area (Å²) in [7, 11) is -4.05. The Kier molecular flexibility index (Phi) is 11.1. The van der Waals surface area contributed by atoms with E-state index in [1.165, 1.54) is 0 Å². The summed E-state index contributed by atoms with van der Waals surface area (Å²) in [4.78, 5) is 25.9. The molecule has 4 aromatic carbocycles. The molecular formula is C35H35F3N4O5S. The second-order valence-electron chi connectivity index (χ2n) is 11.2. The van der Waals surface area contributed by atoms with E-state index < -0.39 is 27.9 Å². The number of hydrogen-bond acceptors (Lipinski definition) is 6. The molecule has 4 aromatic rings. The van der Waals surface area contributed by atoms with Crippen LogP contribution in [-0.4, -0.2) is 45.1 Å². The molecule has 5 rings (SSSR count). The summed E-state index contributed by atoms with van der Waals surface area (Å²) in [6.07, 6.45) is -2.25. The van der Waals surface area contributed by atoms with Crippen LogP contribution in [0.1, 0.15) is 36.8 Å². The smallest absolute Gasteiger partial charge is 0.429 e. The van der Waals surface area contributed by atoms with E-state index >= 15 is 0 Å². The Labute approximate surface area is 277 Å². The summed E-state index contributed by atoms with van der Waals surface area (Å²) in [6, 6.07) is 27.0. The number of carbonyl (C=O) groups excluding carboxylic acids is 2. The second kappa shape index (κ2) is 15.5. The Hall–Kier alpha value is -4.72. The van der Waals surface area contributed by atoms with Crippen LogP contribution in [0.3, 0.4) is 0 Å². The predicted molar refractivity (Wildman–Crippen MR) is 176 cm³/mol. The van der Waals surface area contributed by atoms with Gasteiger partial charge in [0.15, 0.2) is 0 Å². The van der Waals surface area contributed by atoms with Gasteiger partial charge in [0.25, 0.3) is 0 Å². The average molecular weight is 681 g/mol. The molecule has 1 saturated heterocycles. The molecule has 1 heterocycles. The van der Waals surface area contributed by atoms with Gasteiger partial charge in [0.2, 0.25) is 15.9 Å². The standard InChI is InChI=1S/C35H35F3N4O5S/c36-35(37,38)28-15-19-30(20-16-28)48(45,46)39-25-26-13-17-29(18-14-26)40-33(43)21-24-47-34(44)42(41-22-7-2-8-23-41)32-12-6-5-11-31(32)27-9-3-1-4-10-27/h1,3-6,9-20,39H,2,7-8,21-25H2,(H,40,43). The molecule has 48 heavy (non-hydrogen) atoms. The fourth-order valence-electron chi connectivity index (χ4n) is 5.27. The quantitative estimate of drug-likeness (QED) is 0.173. The number of carbonyl (C=O) groups is 2. The van der Waals surface area contributed by atoms with Crippen LogP contribution in [-0.2, 0) is 32.3 Å². The number of benzene rings is 4. The lowest BCUT2D eigenvalue weighted by Crippen LogP contribution is -2.49. The maximum Gasteiger partial charge on any atom is 0.429 e. The predicted octanol–water partition coefficient (Wildman–Crippen LogP) is 7.22. The molecule has 0 radical (unpaired) electrons. The zero-order valence-corrected chi connectivity index (χ0v) is 26.8. The Bertz CT molecular complexity index is 1800. The minimum Gasteiger partial charge on any atom is -0.448 e. The van der Waals surface area contributed by atoms with E-state index in [4.69, 9.17) is 4.74 Å². The molecule has 2 amide bonds. The Morgan fingerprint density at radius 1 is 0.812 bits per heavy atom. The molecule has 1 aliphatic rings. The van der Waals surface area contributed by atoms with Gasteiger partial charge in [-0.1, -0.05) is 67.1 Å². The summed E-state index contributed by atoms with van der Waals surface area (Å²) in [5, 5.41) is 6.29. The molecule has 0 aliphatic carbocycles. The van der Waals surface area contributed by atoms with E-state index in [1.807, 2.05) is 59.6 Å². The van der Waals surface area contributed by atoms with Crippen LogP contribution in [0.15, 0.2) is 108 Å². The van der Waals surface area contributed by atoms with Gasteiger partial charge in [0.05, 0.1) is 22.6 Å². The van der Waals surface area contributed by atoms with Crippen LogP contribution in [0.25, 0.3) is 11.1 Å². The first kappa shape index (κ1) is 34.6. The zero-order chi connectivity index (χ0) is 34.1. The maximum atomic E-state index is 13.5. The molecule has 0 aromatic heterocycles. The monoisotopic (exact) mass is 680 g/mol. The normalized spacial score (nSPS) is 13.9. The van der Waals surface area contributed by atoms with Gasteiger partial charge in [-0.05, 0) is 66.4 Å². The van der Waals surface area contributed by atoms with Crippen LogP contribution in [0, 0.1) is 0 Å². The van der Waals surface area contributed by atoms with E-state index in [1.54, 1.807) is 29.3 Å². The first-order valence-electron chi connectivity index (χ1n) is 15.4. The highest BCUT2D eigenvalue weighted by Gasteiger charge is 2.31. The third-order valence-corrected chi connectivity index (χ3v) is 9.17. The number of anilines is 2. The van der Waals surface area contributed by atoms with Crippen molar-refractivity contribution in [3.63, 3.8) is 0 Å². The SMILES string of the molecule is O=C(CCOC(=O)N(c1ccccc1-c1ccccc1)N1CCCCC1)Nc1ccc(CNS(=O)(=O)c2ccc(C(F)(F)F)cc2)cc1. The number of hydrogen-bond donors (Lipinski definition) is 2. The van der Waals surface area contributed by atoms with Crippen molar-refractivity contribution in [2.24, 2.45) is 0 Å². The molecule has 0 spiro atoms. The third kappa shape index (κ3) is 9.00. The van der Waals surface area contributed by atoms with E-state index in [-0.39, 0.29) is 30.4 Å². The van der Waals surface area contributed by atoms with Crippen LogP contribution in [0.5, 0.6) is 0 Å². The van der Waals surface area contributed by atoms with Crippen molar-refractivity contribution in [3.8, 4) is 11.1 Å². The van der Waals surface area contributed by atoms with E-state index in [0.717, 1.165) is 42.5 Å². The first-order chi connectivity index (χ1) is 23.0. The molecule has 13 heteroatoms. The van der Waals surface area contributed by atoms with Gasteiger partial charge in [-0.3, -0.25) is 4.79 Å². The third-order valence-electron chi connectivity index (χ3n) is 7.76. The van der Waals surface area contributed by atoms with Crippen molar-refractivity contribution in [3.05, 3.63) is 114 Å². The molecular weight excluding hydrogens is 645 g/mol. The summed E-state index contributed by atoms with van der Waals surface area (Å²) in [5.41, 5.74) is 2.61. The highest BCUT2D eigenvalue weighted by Crippen LogP contribution is 2.33. The number of piperidine rings is 1. The van der Waals surface area contributed by atoms with Crippen LogP contribution in [0.4, 0.5) is 29.3 Å². The zero-order valence-electron chi connectivity index (χ0n) is 25.9. The number of para-hydroxylation sites is 1. The number of rotatable bonds is 11. The first-order valence-corrected chi connectivity index (χ1v) is 16.9. The van der Waals surface area contributed by atoms with E-state index in [0.29, 0.717) is 42.2 Å². The van der Waals surface area contributed by atoms with Gasteiger partial charge in [0.1, 0.15) is 6.61 Å². The van der Waals surface area contributed by atoms with Gasteiger partial charge in [0, 0.05) is 30.9 Å². The summed E-state index contributed by atoms with van der Waals surface area (Å²) >= 11 is 0. The molecule has 1 fully saturated rings. The van der Waals surface area contributed by atoms with Crippen LogP contribution < -0.4 is 15.0 Å². The second-order valence-corrected chi connectivity index (χ2v) is 12.9. The molecule has 2 N–H and O–H groups in total. The Morgan fingerprint density at radius 3 is 2.12 bits per heavy atom. The topological polar surface area (TPSA) is 108 Å². The van der Waals surface area contributed by atoms with E-state index in [9.17, 15) is 31.2 Å². The number of alkyl halides is 3. The van der Waals surface area contributed by atoms with Gasteiger partial charge in [-0.2, -0.15) is 13.2 Å². The molecule has 252 valence electrons. The fraction of sp³-hybridized carbons (Fsp3) is 0.257. The highest BCUT2D eigenvalue weighted by molar-refractivity contribution is 7.89. The number of nitrogens with one attached hydrogen (secondary N) is 2.